The van der Waals surface area contributed by atoms with Gasteiger partial charge in [0.05, 0.1) is 11.6 Å². The Labute approximate surface area is 170 Å². The smallest absolute Gasteiger partial charge is 0.254 e. The van der Waals surface area contributed by atoms with Crippen LogP contribution < -0.4 is 10.9 Å². The van der Waals surface area contributed by atoms with E-state index in [1.807, 2.05) is 35.2 Å². The molecule has 2 aromatic rings. The molecule has 2 N–H and O–H groups in total. The van der Waals surface area contributed by atoms with Gasteiger partial charge >= 0.3 is 0 Å². The Hall–Kier alpha value is -2.47. The van der Waals surface area contributed by atoms with E-state index < -0.39 is 0 Å². The summed E-state index contributed by atoms with van der Waals surface area (Å²) >= 11 is 0. The van der Waals surface area contributed by atoms with Crippen molar-refractivity contribution in [3.05, 3.63) is 51.9 Å². The van der Waals surface area contributed by atoms with Crippen molar-refractivity contribution in [1.29, 1.82) is 0 Å². The monoisotopic (exact) mass is 392 g/mol. The highest BCUT2D eigenvalue weighted by Crippen LogP contribution is 2.44. The number of H-pyrrole nitrogens is 1. The molecule has 0 unspecified atom stereocenters. The van der Waals surface area contributed by atoms with Crippen molar-refractivity contribution in [2.24, 2.45) is 5.92 Å². The normalized spacial score (nSPS) is 23.2. The number of nitrogens with one attached hydrogen (secondary N) is 2. The molecular formula is C23H28N4O2. The zero-order valence-corrected chi connectivity index (χ0v) is 16.7. The second-order valence-corrected chi connectivity index (χ2v) is 8.76. The summed E-state index contributed by atoms with van der Waals surface area (Å²) in [6, 6.07) is 9.84. The largest absolute Gasteiger partial charge is 0.342 e. The minimum absolute atomic E-state index is 0.00230. The van der Waals surface area contributed by atoms with Gasteiger partial charge in [-0.25, -0.2) is 4.98 Å². The van der Waals surface area contributed by atoms with Gasteiger partial charge in [-0.3, -0.25) is 9.59 Å². The van der Waals surface area contributed by atoms with E-state index >= 15 is 0 Å². The van der Waals surface area contributed by atoms with Gasteiger partial charge in [-0.15, -0.1) is 0 Å². The number of fused-ring (bicyclic) bond motifs is 2. The van der Waals surface area contributed by atoms with Gasteiger partial charge in [-0.05, 0) is 45.1 Å². The predicted molar refractivity (Wildman–Crippen MR) is 112 cm³/mol. The van der Waals surface area contributed by atoms with E-state index in [1.165, 1.54) is 0 Å². The molecule has 0 radical (unpaired) electrons. The van der Waals surface area contributed by atoms with Gasteiger partial charge in [0.1, 0.15) is 5.82 Å². The van der Waals surface area contributed by atoms with Crippen molar-refractivity contribution in [3.63, 3.8) is 0 Å². The van der Waals surface area contributed by atoms with Crippen molar-refractivity contribution >= 4 is 5.91 Å². The summed E-state index contributed by atoms with van der Waals surface area (Å²) in [7, 11) is 0. The topological polar surface area (TPSA) is 78.1 Å². The number of nitrogens with zero attached hydrogens (tertiary/aromatic N) is 2. The van der Waals surface area contributed by atoms with Crippen molar-refractivity contribution in [2.75, 3.05) is 26.2 Å². The van der Waals surface area contributed by atoms with Gasteiger partial charge in [0, 0.05) is 36.2 Å². The number of carbonyl (C=O) groups is 1. The van der Waals surface area contributed by atoms with Crippen LogP contribution >= 0.6 is 0 Å². The molecule has 152 valence electrons. The van der Waals surface area contributed by atoms with Crippen LogP contribution in [-0.4, -0.2) is 47.0 Å². The van der Waals surface area contributed by atoms with E-state index in [0.29, 0.717) is 11.7 Å². The standard InChI is InChI=1S/C23H28N4O2/c28-21-18-8-9-23(19(18)25-20(26-21)16-5-2-1-3-6-16)10-13-27(14-11-23)22(29)17-7-4-12-24-15-17/h1-3,5-6,17,24H,4,7-15H2,(H,25,26,28)/t17-/m1/s1. The molecule has 3 heterocycles. The van der Waals surface area contributed by atoms with Crippen LogP contribution in [0.5, 0.6) is 0 Å². The van der Waals surface area contributed by atoms with Crippen LogP contribution in [0.1, 0.15) is 43.4 Å². The summed E-state index contributed by atoms with van der Waals surface area (Å²) in [6.07, 6.45) is 5.62. The summed E-state index contributed by atoms with van der Waals surface area (Å²) in [6.45, 7) is 3.36. The molecule has 29 heavy (non-hydrogen) atoms. The number of hydrogen-bond acceptors (Lipinski definition) is 4. The van der Waals surface area contributed by atoms with E-state index in [2.05, 4.69) is 10.3 Å². The fraction of sp³-hybridized carbons (Fsp3) is 0.522. The molecule has 2 fully saturated rings. The van der Waals surface area contributed by atoms with Crippen LogP contribution in [0, 0.1) is 5.92 Å². The summed E-state index contributed by atoms with van der Waals surface area (Å²) in [4.78, 5) is 35.6. The SMILES string of the molecule is O=C([C@@H]1CCCNC1)N1CCC2(CCc3c2nc(-c2ccccc2)[nH]c3=O)CC1. The maximum Gasteiger partial charge on any atom is 0.254 e. The van der Waals surface area contributed by atoms with Crippen LogP contribution in [0.3, 0.4) is 0 Å². The first-order valence-corrected chi connectivity index (χ1v) is 10.8. The van der Waals surface area contributed by atoms with E-state index in [9.17, 15) is 9.59 Å². The number of carbonyl (C=O) groups excluding carboxylic acids is 1. The van der Waals surface area contributed by atoms with E-state index in [-0.39, 0.29) is 16.9 Å². The number of aromatic amines is 1. The third kappa shape index (κ3) is 3.29. The van der Waals surface area contributed by atoms with Crippen LogP contribution in [0.4, 0.5) is 0 Å². The molecule has 6 nitrogen and oxygen atoms in total. The highest BCUT2D eigenvalue weighted by molar-refractivity contribution is 5.79. The molecule has 2 saturated heterocycles. The molecule has 5 rings (SSSR count). The molecule has 1 spiro atoms. The Balaban J connectivity index is 1.38. The molecule has 1 aromatic heterocycles. The number of aromatic nitrogens is 2. The van der Waals surface area contributed by atoms with E-state index in [4.69, 9.17) is 4.98 Å². The third-order valence-corrected chi connectivity index (χ3v) is 7.10. The van der Waals surface area contributed by atoms with Gasteiger partial charge in [-0.1, -0.05) is 30.3 Å². The van der Waals surface area contributed by atoms with Crippen molar-refractivity contribution in [1.82, 2.24) is 20.2 Å². The van der Waals surface area contributed by atoms with Crippen molar-refractivity contribution in [3.8, 4) is 11.4 Å². The minimum atomic E-state index is -0.0608. The van der Waals surface area contributed by atoms with Gasteiger partial charge in [0.25, 0.3) is 5.56 Å². The Morgan fingerprint density at radius 3 is 2.66 bits per heavy atom. The second kappa shape index (κ2) is 7.41. The average Bonchev–Trinajstić information content (AvgIpc) is 3.13. The molecule has 6 heteroatoms. The molecular weight excluding hydrogens is 364 g/mol. The highest BCUT2D eigenvalue weighted by atomic mass is 16.2. The number of rotatable bonds is 2. The van der Waals surface area contributed by atoms with Crippen LogP contribution in [-0.2, 0) is 16.6 Å². The van der Waals surface area contributed by atoms with Gasteiger partial charge in [0.2, 0.25) is 5.91 Å². The number of hydrogen-bond donors (Lipinski definition) is 2. The molecule has 1 atom stereocenters. The predicted octanol–water partition coefficient (Wildman–Crippen LogP) is 2.24. The number of amides is 1. The first kappa shape index (κ1) is 18.6. The Kier molecular flexibility index (Phi) is 4.74. The first-order chi connectivity index (χ1) is 14.2. The minimum Gasteiger partial charge on any atom is -0.342 e. The lowest BCUT2D eigenvalue weighted by atomic mass is 9.76. The number of piperidine rings is 2. The quantitative estimate of drug-likeness (QED) is 0.822. The summed E-state index contributed by atoms with van der Waals surface area (Å²) < 4.78 is 0. The van der Waals surface area contributed by atoms with Crippen molar-refractivity contribution < 1.29 is 4.79 Å². The lowest BCUT2D eigenvalue weighted by Gasteiger charge is -2.41. The number of benzene rings is 1. The summed E-state index contributed by atoms with van der Waals surface area (Å²) in [5, 5.41) is 3.35. The zero-order valence-electron chi connectivity index (χ0n) is 16.7. The van der Waals surface area contributed by atoms with E-state index in [1.54, 1.807) is 0 Å². The van der Waals surface area contributed by atoms with Gasteiger partial charge < -0.3 is 15.2 Å². The Morgan fingerprint density at radius 2 is 1.93 bits per heavy atom. The van der Waals surface area contributed by atoms with Crippen LogP contribution in [0.2, 0.25) is 0 Å². The van der Waals surface area contributed by atoms with Crippen LogP contribution in [0.15, 0.2) is 35.1 Å². The molecule has 0 bridgehead atoms. The van der Waals surface area contributed by atoms with E-state index in [0.717, 1.165) is 81.5 Å². The lowest BCUT2D eigenvalue weighted by molar-refractivity contribution is -0.137. The maximum absolute atomic E-state index is 12.9. The molecule has 3 aliphatic rings. The average molecular weight is 393 g/mol. The number of likely N-dealkylation sites (tertiary alicyclic amines) is 1. The first-order valence-electron chi connectivity index (χ1n) is 10.8. The molecule has 0 saturated carbocycles. The third-order valence-electron chi connectivity index (χ3n) is 7.10. The molecule has 1 amide bonds. The highest BCUT2D eigenvalue weighted by Gasteiger charge is 2.45. The van der Waals surface area contributed by atoms with Gasteiger partial charge in [-0.2, -0.15) is 0 Å². The second-order valence-electron chi connectivity index (χ2n) is 8.76. The Morgan fingerprint density at radius 1 is 1.14 bits per heavy atom. The Bertz CT molecular complexity index is 955. The fourth-order valence-electron chi connectivity index (χ4n) is 5.35. The fourth-order valence-corrected chi connectivity index (χ4v) is 5.35. The molecule has 2 aliphatic heterocycles. The molecule has 1 aliphatic carbocycles. The zero-order chi connectivity index (χ0) is 19.8. The van der Waals surface area contributed by atoms with Gasteiger partial charge in [0.15, 0.2) is 0 Å². The maximum atomic E-state index is 12.9. The van der Waals surface area contributed by atoms with Crippen LogP contribution in [0.25, 0.3) is 11.4 Å². The van der Waals surface area contributed by atoms with Crippen molar-refractivity contribution in [2.45, 2.75) is 43.9 Å². The lowest BCUT2D eigenvalue weighted by Crippen LogP contribution is -2.49. The molecule has 1 aromatic carbocycles. The summed E-state index contributed by atoms with van der Waals surface area (Å²) in [5.41, 5.74) is 2.70. The summed E-state index contributed by atoms with van der Waals surface area (Å²) in [5.74, 6) is 1.08.